The Balaban J connectivity index is 1.79. The number of hydrogen-bond acceptors (Lipinski definition) is 2. The van der Waals surface area contributed by atoms with Crippen LogP contribution >= 0.6 is 11.6 Å². The van der Waals surface area contributed by atoms with E-state index in [9.17, 15) is 9.59 Å². The number of carbonyl (C=O) groups excluding carboxylic acids is 2. The van der Waals surface area contributed by atoms with E-state index >= 15 is 0 Å². The molecule has 2 aromatic carbocycles. The molecule has 4 nitrogen and oxygen atoms in total. The third kappa shape index (κ3) is 2.97. The van der Waals surface area contributed by atoms with Crippen LogP contribution in [-0.4, -0.2) is 17.9 Å². The fourth-order valence-electron chi connectivity index (χ4n) is 2.60. The van der Waals surface area contributed by atoms with Crippen molar-refractivity contribution in [2.45, 2.75) is 18.9 Å². The molecule has 22 heavy (non-hydrogen) atoms. The number of hydrogen-bond donors (Lipinski definition) is 1. The van der Waals surface area contributed by atoms with Crippen LogP contribution in [0.5, 0.6) is 0 Å². The van der Waals surface area contributed by atoms with Crippen LogP contribution in [-0.2, 0) is 9.59 Å². The van der Waals surface area contributed by atoms with Gasteiger partial charge in [-0.3, -0.25) is 14.5 Å². The molecule has 1 heterocycles. The lowest BCUT2D eigenvalue weighted by Gasteiger charge is -2.24. The van der Waals surface area contributed by atoms with Crippen LogP contribution in [0.1, 0.15) is 12.8 Å². The highest BCUT2D eigenvalue weighted by Crippen LogP contribution is 2.27. The molecule has 1 aliphatic heterocycles. The summed E-state index contributed by atoms with van der Waals surface area (Å²) in [6.45, 7) is 0. The van der Waals surface area contributed by atoms with Gasteiger partial charge < -0.3 is 5.32 Å². The first kappa shape index (κ1) is 14.6. The second-order valence-electron chi connectivity index (χ2n) is 5.15. The summed E-state index contributed by atoms with van der Waals surface area (Å²) < 4.78 is 0. The number of benzene rings is 2. The Labute approximate surface area is 133 Å². The molecule has 1 atom stereocenters. The third-order valence-electron chi connectivity index (χ3n) is 3.66. The van der Waals surface area contributed by atoms with E-state index in [0.29, 0.717) is 23.6 Å². The topological polar surface area (TPSA) is 49.4 Å². The Kier molecular flexibility index (Phi) is 4.11. The van der Waals surface area contributed by atoms with E-state index in [-0.39, 0.29) is 11.8 Å². The lowest BCUT2D eigenvalue weighted by atomic mass is 10.2. The number of anilines is 2. The number of amides is 2. The van der Waals surface area contributed by atoms with E-state index < -0.39 is 6.04 Å². The first-order chi connectivity index (χ1) is 10.6. The second-order valence-corrected chi connectivity index (χ2v) is 5.59. The Morgan fingerprint density at radius 1 is 1.09 bits per heavy atom. The normalized spacial score (nSPS) is 17.6. The van der Waals surface area contributed by atoms with Crippen molar-refractivity contribution in [1.29, 1.82) is 0 Å². The van der Waals surface area contributed by atoms with Crippen LogP contribution in [0.4, 0.5) is 11.4 Å². The Morgan fingerprint density at radius 3 is 2.45 bits per heavy atom. The molecule has 2 aromatic rings. The summed E-state index contributed by atoms with van der Waals surface area (Å²) in [5.74, 6) is -0.209. The molecule has 2 amide bonds. The van der Waals surface area contributed by atoms with Gasteiger partial charge in [-0.05, 0) is 42.8 Å². The minimum atomic E-state index is -0.481. The van der Waals surface area contributed by atoms with Crippen molar-refractivity contribution < 1.29 is 9.59 Å². The molecular weight excluding hydrogens is 300 g/mol. The average Bonchev–Trinajstić information content (AvgIpc) is 2.92. The van der Waals surface area contributed by atoms with Crippen LogP contribution in [0.15, 0.2) is 54.6 Å². The zero-order valence-electron chi connectivity index (χ0n) is 11.8. The second kappa shape index (κ2) is 6.20. The molecule has 5 heteroatoms. The molecule has 1 saturated heterocycles. The van der Waals surface area contributed by atoms with Gasteiger partial charge in [0.15, 0.2) is 0 Å². The maximum Gasteiger partial charge on any atom is 0.247 e. The number of para-hydroxylation sites is 1. The van der Waals surface area contributed by atoms with Crippen molar-refractivity contribution in [3.63, 3.8) is 0 Å². The summed E-state index contributed by atoms with van der Waals surface area (Å²) in [5, 5.41) is 3.45. The Morgan fingerprint density at radius 2 is 1.77 bits per heavy atom. The maximum absolute atomic E-state index is 12.5. The zero-order chi connectivity index (χ0) is 15.5. The van der Waals surface area contributed by atoms with Crippen molar-refractivity contribution in [3.05, 3.63) is 59.6 Å². The van der Waals surface area contributed by atoms with Crippen LogP contribution in [0.3, 0.4) is 0 Å². The van der Waals surface area contributed by atoms with Gasteiger partial charge in [0, 0.05) is 22.8 Å². The largest absolute Gasteiger partial charge is 0.324 e. The van der Waals surface area contributed by atoms with Crippen molar-refractivity contribution in [1.82, 2.24) is 0 Å². The van der Waals surface area contributed by atoms with Gasteiger partial charge in [-0.1, -0.05) is 29.8 Å². The SMILES string of the molecule is O=C(Nc1ccc(Cl)cc1)C1CCC(=O)N1c1ccccc1. The molecular formula is C17H15ClN2O2. The molecule has 0 saturated carbocycles. The highest BCUT2D eigenvalue weighted by molar-refractivity contribution is 6.30. The molecule has 1 fully saturated rings. The lowest BCUT2D eigenvalue weighted by Crippen LogP contribution is -2.41. The van der Waals surface area contributed by atoms with Crippen LogP contribution in [0.25, 0.3) is 0 Å². The van der Waals surface area contributed by atoms with Gasteiger partial charge in [0.05, 0.1) is 0 Å². The number of nitrogens with one attached hydrogen (secondary N) is 1. The van der Waals surface area contributed by atoms with E-state index in [2.05, 4.69) is 5.32 Å². The first-order valence-corrected chi connectivity index (χ1v) is 7.46. The quantitative estimate of drug-likeness (QED) is 0.943. The van der Waals surface area contributed by atoms with Gasteiger partial charge >= 0.3 is 0 Å². The van der Waals surface area contributed by atoms with Crippen molar-refractivity contribution >= 4 is 34.8 Å². The molecule has 1 N–H and O–H groups in total. The van der Waals surface area contributed by atoms with Crippen molar-refractivity contribution in [2.24, 2.45) is 0 Å². The molecule has 0 spiro atoms. The van der Waals surface area contributed by atoms with Gasteiger partial charge in [0.2, 0.25) is 11.8 Å². The number of carbonyl (C=O) groups is 2. The lowest BCUT2D eigenvalue weighted by molar-refractivity contribution is -0.120. The summed E-state index contributed by atoms with van der Waals surface area (Å²) in [4.78, 5) is 26.2. The number of nitrogens with zero attached hydrogens (tertiary/aromatic N) is 1. The van der Waals surface area contributed by atoms with Crippen LogP contribution in [0.2, 0.25) is 5.02 Å². The smallest absolute Gasteiger partial charge is 0.247 e. The highest BCUT2D eigenvalue weighted by atomic mass is 35.5. The summed E-state index contributed by atoms with van der Waals surface area (Å²) in [6, 6.07) is 15.7. The molecule has 1 unspecified atom stereocenters. The van der Waals surface area contributed by atoms with Gasteiger partial charge in [-0.15, -0.1) is 0 Å². The minimum absolute atomic E-state index is 0.0255. The maximum atomic E-state index is 12.5. The van der Waals surface area contributed by atoms with Gasteiger partial charge in [-0.2, -0.15) is 0 Å². The van der Waals surface area contributed by atoms with Gasteiger partial charge in [-0.25, -0.2) is 0 Å². The van der Waals surface area contributed by atoms with Crippen molar-refractivity contribution in [2.75, 3.05) is 10.2 Å². The summed E-state index contributed by atoms with van der Waals surface area (Å²) >= 11 is 5.83. The van der Waals surface area contributed by atoms with E-state index in [1.54, 1.807) is 29.2 Å². The predicted octanol–water partition coefficient (Wildman–Crippen LogP) is 3.47. The molecule has 0 aliphatic carbocycles. The molecule has 0 radical (unpaired) electrons. The van der Waals surface area contributed by atoms with Gasteiger partial charge in [0.25, 0.3) is 0 Å². The van der Waals surface area contributed by atoms with Crippen LogP contribution < -0.4 is 10.2 Å². The summed E-state index contributed by atoms with van der Waals surface area (Å²) in [5.41, 5.74) is 1.42. The highest BCUT2D eigenvalue weighted by Gasteiger charge is 2.36. The third-order valence-corrected chi connectivity index (χ3v) is 3.91. The van der Waals surface area contributed by atoms with Crippen LogP contribution in [0, 0.1) is 0 Å². The van der Waals surface area contributed by atoms with E-state index in [4.69, 9.17) is 11.6 Å². The standard InChI is InChI=1S/C17H15ClN2O2/c18-12-6-8-13(9-7-12)19-17(22)15-10-11-16(21)20(15)14-4-2-1-3-5-14/h1-9,15H,10-11H2,(H,19,22). The summed E-state index contributed by atoms with van der Waals surface area (Å²) in [6.07, 6.45) is 0.904. The van der Waals surface area contributed by atoms with Gasteiger partial charge in [0.1, 0.15) is 6.04 Å². The molecule has 3 rings (SSSR count). The average molecular weight is 315 g/mol. The predicted molar refractivity (Wildman–Crippen MR) is 87.0 cm³/mol. The first-order valence-electron chi connectivity index (χ1n) is 7.09. The molecule has 112 valence electrons. The molecule has 0 aromatic heterocycles. The number of halogens is 1. The van der Waals surface area contributed by atoms with E-state index in [1.165, 1.54) is 0 Å². The zero-order valence-corrected chi connectivity index (χ0v) is 12.6. The minimum Gasteiger partial charge on any atom is -0.324 e. The van der Waals surface area contributed by atoms with E-state index in [0.717, 1.165) is 5.69 Å². The molecule has 1 aliphatic rings. The summed E-state index contributed by atoms with van der Waals surface area (Å²) in [7, 11) is 0. The fourth-order valence-corrected chi connectivity index (χ4v) is 2.73. The monoisotopic (exact) mass is 314 g/mol. The fraction of sp³-hybridized carbons (Fsp3) is 0.176. The number of rotatable bonds is 3. The Hall–Kier alpha value is -2.33. The Bertz CT molecular complexity index is 686. The molecule has 0 bridgehead atoms. The van der Waals surface area contributed by atoms with Crippen molar-refractivity contribution in [3.8, 4) is 0 Å². The van der Waals surface area contributed by atoms with E-state index in [1.807, 2.05) is 30.3 Å².